The van der Waals surface area contributed by atoms with Crippen molar-refractivity contribution in [1.82, 2.24) is 4.98 Å². The standard InChI is InChI=1S/C14H15BrN2O2/c1-18-12-4-5-13(19-2)10(7-12)8-16-11-3-6-14(15)17-9-11/h3-7,9,16H,8H2,1-2H3. The number of aromatic nitrogens is 1. The fraction of sp³-hybridized carbons (Fsp3) is 0.214. The number of hydrogen-bond acceptors (Lipinski definition) is 4. The molecule has 1 N–H and O–H groups in total. The third-order valence-corrected chi connectivity index (χ3v) is 3.17. The summed E-state index contributed by atoms with van der Waals surface area (Å²) in [4.78, 5) is 4.17. The minimum absolute atomic E-state index is 0.643. The number of ether oxygens (including phenoxy) is 2. The summed E-state index contributed by atoms with van der Waals surface area (Å²) in [6.45, 7) is 0.643. The van der Waals surface area contributed by atoms with Gasteiger partial charge in [0.15, 0.2) is 0 Å². The maximum Gasteiger partial charge on any atom is 0.124 e. The van der Waals surface area contributed by atoms with E-state index in [1.54, 1.807) is 20.4 Å². The van der Waals surface area contributed by atoms with Crippen LogP contribution in [0.5, 0.6) is 11.5 Å². The normalized spacial score (nSPS) is 10.1. The van der Waals surface area contributed by atoms with Crippen molar-refractivity contribution in [2.24, 2.45) is 0 Å². The molecule has 2 rings (SSSR count). The molecular formula is C14H15BrN2O2. The summed E-state index contributed by atoms with van der Waals surface area (Å²) in [6.07, 6.45) is 1.77. The number of methoxy groups -OCH3 is 2. The van der Waals surface area contributed by atoms with E-state index in [2.05, 4.69) is 26.2 Å². The van der Waals surface area contributed by atoms with E-state index in [-0.39, 0.29) is 0 Å². The first-order valence-electron chi connectivity index (χ1n) is 5.79. The molecule has 0 radical (unpaired) electrons. The van der Waals surface area contributed by atoms with Crippen molar-refractivity contribution < 1.29 is 9.47 Å². The van der Waals surface area contributed by atoms with Crippen molar-refractivity contribution in [3.63, 3.8) is 0 Å². The predicted octanol–water partition coefficient (Wildman–Crippen LogP) is 3.47. The molecule has 5 heteroatoms. The second-order valence-corrected chi connectivity index (χ2v) is 4.71. The number of halogens is 1. The van der Waals surface area contributed by atoms with Crippen LogP contribution in [0.15, 0.2) is 41.1 Å². The van der Waals surface area contributed by atoms with Crippen LogP contribution in [0.1, 0.15) is 5.56 Å². The number of anilines is 1. The first-order valence-corrected chi connectivity index (χ1v) is 6.58. The van der Waals surface area contributed by atoms with Gasteiger partial charge in [0.05, 0.1) is 26.1 Å². The van der Waals surface area contributed by atoms with Crippen LogP contribution in [0, 0.1) is 0 Å². The van der Waals surface area contributed by atoms with Crippen LogP contribution < -0.4 is 14.8 Å². The SMILES string of the molecule is COc1ccc(OC)c(CNc2ccc(Br)nc2)c1. The lowest BCUT2D eigenvalue weighted by atomic mass is 10.2. The van der Waals surface area contributed by atoms with E-state index in [1.807, 2.05) is 30.3 Å². The molecule has 1 heterocycles. The molecule has 0 saturated carbocycles. The van der Waals surface area contributed by atoms with Gasteiger partial charge in [-0.3, -0.25) is 0 Å². The van der Waals surface area contributed by atoms with Crippen LogP contribution >= 0.6 is 15.9 Å². The quantitative estimate of drug-likeness (QED) is 0.856. The van der Waals surface area contributed by atoms with Crippen LogP contribution in [0.2, 0.25) is 0 Å². The highest BCUT2D eigenvalue weighted by molar-refractivity contribution is 9.10. The van der Waals surface area contributed by atoms with Crippen molar-refractivity contribution in [3.8, 4) is 11.5 Å². The molecule has 0 aliphatic rings. The maximum atomic E-state index is 5.33. The summed E-state index contributed by atoms with van der Waals surface area (Å²) >= 11 is 3.31. The molecule has 0 aliphatic heterocycles. The minimum Gasteiger partial charge on any atom is -0.497 e. The van der Waals surface area contributed by atoms with Gasteiger partial charge < -0.3 is 14.8 Å². The zero-order valence-electron chi connectivity index (χ0n) is 10.8. The molecule has 0 atom stereocenters. The Morgan fingerprint density at radius 1 is 1.16 bits per heavy atom. The van der Waals surface area contributed by atoms with Gasteiger partial charge in [-0.25, -0.2) is 4.98 Å². The topological polar surface area (TPSA) is 43.4 Å². The molecule has 0 amide bonds. The van der Waals surface area contributed by atoms with Crippen LogP contribution in [0.25, 0.3) is 0 Å². The van der Waals surface area contributed by atoms with Crippen molar-refractivity contribution in [2.45, 2.75) is 6.54 Å². The summed E-state index contributed by atoms with van der Waals surface area (Å²) < 4.78 is 11.4. The van der Waals surface area contributed by atoms with E-state index in [0.29, 0.717) is 6.54 Å². The molecule has 0 aliphatic carbocycles. The second-order valence-electron chi connectivity index (χ2n) is 3.90. The van der Waals surface area contributed by atoms with Gasteiger partial charge in [-0.2, -0.15) is 0 Å². The lowest BCUT2D eigenvalue weighted by Crippen LogP contribution is -2.02. The number of nitrogens with one attached hydrogen (secondary N) is 1. The van der Waals surface area contributed by atoms with Gasteiger partial charge in [0.1, 0.15) is 16.1 Å². The molecule has 0 unspecified atom stereocenters. The lowest BCUT2D eigenvalue weighted by molar-refractivity contribution is 0.399. The zero-order valence-corrected chi connectivity index (χ0v) is 12.4. The van der Waals surface area contributed by atoms with Gasteiger partial charge >= 0.3 is 0 Å². The van der Waals surface area contributed by atoms with Gasteiger partial charge in [-0.05, 0) is 46.3 Å². The Morgan fingerprint density at radius 2 is 2.00 bits per heavy atom. The maximum absolute atomic E-state index is 5.33. The molecule has 0 saturated heterocycles. The molecule has 19 heavy (non-hydrogen) atoms. The van der Waals surface area contributed by atoms with Crippen molar-refractivity contribution in [1.29, 1.82) is 0 Å². The largest absolute Gasteiger partial charge is 0.497 e. The van der Waals surface area contributed by atoms with Crippen LogP contribution in [-0.4, -0.2) is 19.2 Å². The molecule has 1 aromatic carbocycles. The van der Waals surface area contributed by atoms with Gasteiger partial charge in [0.2, 0.25) is 0 Å². The number of rotatable bonds is 5. The summed E-state index contributed by atoms with van der Waals surface area (Å²) in [5.74, 6) is 1.64. The zero-order chi connectivity index (χ0) is 13.7. The Hall–Kier alpha value is -1.75. The monoisotopic (exact) mass is 322 g/mol. The van der Waals surface area contributed by atoms with E-state index in [9.17, 15) is 0 Å². The minimum atomic E-state index is 0.643. The number of nitrogens with zero attached hydrogens (tertiary/aromatic N) is 1. The molecule has 1 aromatic heterocycles. The highest BCUT2D eigenvalue weighted by atomic mass is 79.9. The summed E-state index contributed by atoms with van der Waals surface area (Å²) in [5, 5.41) is 3.30. The molecule has 0 spiro atoms. The molecule has 4 nitrogen and oxygen atoms in total. The third-order valence-electron chi connectivity index (χ3n) is 2.70. The Kier molecular flexibility index (Phi) is 4.63. The van der Waals surface area contributed by atoms with E-state index in [1.165, 1.54) is 0 Å². The Morgan fingerprint density at radius 3 is 2.63 bits per heavy atom. The van der Waals surface area contributed by atoms with Crippen LogP contribution in [0.3, 0.4) is 0 Å². The smallest absolute Gasteiger partial charge is 0.124 e. The highest BCUT2D eigenvalue weighted by Gasteiger charge is 2.05. The fourth-order valence-electron chi connectivity index (χ4n) is 1.70. The first kappa shape index (κ1) is 13.7. The Balaban J connectivity index is 2.11. The van der Waals surface area contributed by atoms with Crippen molar-refractivity contribution >= 4 is 21.6 Å². The molecule has 0 bridgehead atoms. The number of hydrogen-bond donors (Lipinski definition) is 1. The summed E-state index contributed by atoms with van der Waals surface area (Å²) in [6, 6.07) is 9.59. The second kappa shape index (κ2) is 6.43. The van der Waals surface area contributed by atoms with Gasteiger partial charge in [-0.15, -0.1) is 0 Å². The van der Waals surface area contributed by atoms with E-state index in [0.717, 1.165) is 27.4 Å². The van der Waals surface area contributed by atoms with Crippen LogP contribution in [0.4, 0.5) is 5.69 Å². The lowest BCUT2D eigenvalue weighted by Gasteiger charge is -2.12. The van der Waals surface area contributed by atoms with Gasteiger partial charge in [-0.1, -0.05) is 0 Å². The Labute approximate surface area is 120 Å². The average molecular weight is 323 g/mol. The Bertz CT molecular complexity index is 544. The van der Waals surface area contributed by atoms with E-state index in [4.69, 9.17) is 9.47 Å². The molecule has 0 fully saturated rings. The number of pyridine rings is 1. The molecule has 2 aromatic rings. The van der Waals surface area contributed by atoms with E-state index < -0.39 is 0 Å². The van der Waals surface area contributed by atoms with Crippen molar-refractivity contribution in [2.75, 3.05) is 19.5 Å². The number of benzene rings is 1. The van der Waals surface area contributed by atoms with Crippen LogP contribution in [-0.2, 0) is 6.54 Å². The van der Waals surface area contributed by atoms with Crippen molar-refractivity contribution in [3.05, 3.63) is 46.7 Å². The van der Waals surface area contributed by atoms with Gasteiger partial charge in [0, 0.05) is 12.1 Å². The predicted molar refractivity (Wildman–Crippen MR) is 78.8 cm³/mol. The van der Waals surface area contributed by atoms with Gasteiger partial charge in [0.25, 0.3) is 0 Å². The van der Waals surface area contributed by atoms with E-state index >= 15 is 0 Å². The molecule has 100 valence electrons. The summed E-state index contributed by atoms with van der Waals surface area (Å²) in [7, 11) is 3.31. The summed E-state index contributed by atoms with van der Waals surface area (Å²) in [5.41, 5.74) is 1.98. The third kappa shape index (κ3) is 3.61. The first-order chi connectivity index (χ1) is 9.22. The molecular weight excluding hydrogens is 308 g/mol. The fourth-order valence-corrected chi connectivity index (χ4v) is 1.93. The highest BCUT2D eigenvalue weighted by Crippen LogP contribution is 2.24. The average Bonchev–Trinajstić information content (AvgIpc) is 2.46.